The SMILES string of the molecule is C1=C(c2ccccc2)N=C(c2ccccc2)NC1c1ccc(-c2ccc3oc4ccccc4c3c2-c2ccc(-c3ccc4c5ccccc5c5ccccc5c4c3)cc2)cc1. The Morgan fingerprint density at radius 2 is 0.918 bits per heavy atom. The number of hydrogen-bond donors (Lipinski definition) is 1. The van der Waals surface area contributed by atoms with Crippen molar-refractivity contribution in [3.05, 3.63) is 235 Å². The Balaban J connectivity index is 0.951. The van der Waals surface area contributed by atoms with E-state index >= 15 is 0 Å². The zero-order chi connectivity index (χ0) is 40.3. The molecule has 1 atom stereocenters. The average Bonchev–Trinajstić information content (AvgIpc) is 3.73. The topological polar surface area (TPSA) is 37.5 Å². The fraction of sp³-hybridized carbons (Fsp3) is 0.0172. The van der Waals surface area contributed by atoms with Gasteiger partial charge in [-0.2, -0.15) is 0 Å². The molecule has 10 aromatic carbocycles. The van der Waals surface area contributed by atoms with Gasteiger partial charge in [0.2, 0.25) is 0 Å². The molecule has 11 aromatic rings. The number of nitrogens with one attached hydrogen (secondary N) is 1. The number of hydrogen-bond acceptors (Lipinski definition) is 3. The first kappa shape index (κ1) is 35.0. The van der Waals surface area contributed by atoms with E-state index in [1.54, 1.807) is 0 Å². The summed E-state index contributed by atoms with van der Waals surface area (Å²) in [7, 11) is 0. The molecule has 1 aromatic heterocycles. The third-order valence-corrected chi connectivity index (χ3v) is 12.3. The third-order valence-electron chi connectivity index (χ3n) is 12.3. The van der Waals surface area contributed by atoms with Crippen LogP contribution < -0.4 is 5.32 Å². The molecule has 0 saturated heterocycles. The van der Waals surface area contributed by atoms with E-state index in [2.05, 4.69) is 206 Å². The molecular weight excluding hydrogens is 741 g/mol. The third kappa shape index (κ3) is 6.01. The molecule has 0 fully saturated rings. The zero-order valence-electron chi connectivity index (χ0n) is 33.2. The summed E-state index contributed by atoms with van der Waals surface area (Å²) in [5.74, 6) is 0.865. The van der Waals surface area contributed by atoms with E-state index in [0.717, 1.165) is 66.9 Å². The maximum absolute atomic E-state index is 6.47. The van der Waals surface area contributed by atoms with Crippen LogP contribution in [0.2, 0.25) is 0 Å². The average molecular weight is 779 g/mol. The second-order valence-corrected chi connectivity index (χ2v) is 15.9. The minimum atomic E-state index is -0.0592. The van der Waals surface area contributed by atoms with Crippen molar-refractivity contribution in [3.8, 4) is 33.4 Å². The van der Waals surface area contributed by atoms with E-state index in [4.69, 9.17) is 9.41 Å². The van der Waals surface area contributed by atoms with Crippen molar-refractivity contribution in [3.63, 3.8) is 0 Å². The lowest BCUT2D eigenvalue weighted by Crippen LogP contribution is -2.31. The van der Waals surface area contributed by atoms with Crippen molar-refractivity contribution >= 4 is 65.8 Å². The Hall–Kier alpha value is -8.01. The smallest absolute Gasteiger partial charge is 0.136 e. The molecule has 0 bridgehead atoms. The number of fused-ring (bicyclic) bond motifs is 9. The lowest BCUT2D eigenvalue weighted by atomic mass is 9.88. The van der Waals surface area contributed by atoms with Crippen LogP contribution in [-0.4, -0.2) is 5.84 Å². The van der Waals surface area contributed by atoms with Crippen LogP contribution >= 0.6 is 0 Å². The van der Waals surface area contributed by atoms with Gasteiger partial charge in [0.05, 0.1) is 11.7 Å². The van der Waals surface area contributed by atoms with Gasteiger partial charge < -0.3 is 9.73 Å². The van der Waals surface area contributed by atoms with E-state index in [-0.39, 0.29) is 6.04 Å². The van der Waals surface area contributed by atoms with Gasteiger partial charge in [-0.05, 0) is 95.5 Å². The first-order valence-corrected chi connectivity index (χ1v) is 20.9. The van der Waals surface area contributed by atoms with E-state index < -0.39 is 0 Å². The quantitative estimate of drug-likeness (QED) is 0.171. The largest absolute Gasteiger partial charge is 0.456 e. The highest BCUT2D eigenvalue weighted by Crippen LogP contribution is 2.44. The second-order valence-electron chi connectivity index (χ2n) is 15.9. The van der Waals surface area contributed by atoms with Crippen molar-refractivity contribution in [2.75, 3.05) is 0 Å². The highest BCUT2D eigenvalue weighted by molar-refractivity contribution is 6.26. The first-order valence-electron chi connectivity index (χ1n) is 20.9. The van der Waals surface area contributed by atoms with Gasteiger partial charge in [0.25, 0.3) is 0 Å². The summed E-state index contributed by atoms with van der Waals surface area (Å²) in [6, 6.07) is 76.0. The Morgan fingerprint density at radius 3 is 1.61 bits per heavy atom. The molecule has 3 heteroatoms. The Bertz CT molecular complexity index is 3490. The van der Waals surface area contributed by atoms with Crippen LogP contribution in [0.25, 0.3) is 93.3 Å². The second kappa shape index (κ2) is 14.4. The number of aliphatic imine (C=N–C) groups is 1. The lowest BCUT2D eigenvalue weighted by Gasteiger charge is -2.25. The summed E-state index contributed by atoms with van der Waals surface area (Å²) >= 11 is 0. The van der Waals surface area contributed by atoms with Gasteiger partial charge in [0.1, 0.15) is 17.0 Å². The molecule has 0 saturated carbocycles. The normalized spacial score (nSPS) is 14.1. The number of furan rings is 1. The van der Waals surface area contributed by atoms with Crippen molar-refractivity contribution < 1.29 is 4.42 Å². The molecule has 61 heavy (non-hydrogen) atoms. The molecule has 0 spiro atoms. The molecule has 2 heterocycles. The van der Waals surface area contributed by atoms with Crippen LogP contribution in [0.5, 0.6) is 0 Å². The van der Waals surface area contributed by atoms with Crippen molar-refractivity contribution in [2.45, 2.75) is 6.04 Å². The van der Waals surface area contributed by atoms with Gasteiger partial charge in [-0.15, -0.1) is 0 Å². The molecule has 1 aliphatic rings. The van der Waals surface area contributed by atoms with Crippen LogP contribution in [-0.2, 0) is 0 Å². The highest BCUT2D eigenvalue weighted by atomic mass is 16.3. The number of benzene rings is 10. The van der Waals surface area contributed by atoms with E-state index in [1.807, 2.05) is 18.2 Å². The summed E-state index contributed by atoms with van der Waals surface area (Å²) < 4.78 is 6.47. The summed E-state index contributed by atoms with van der Waals surface area (Å²) in [5, 5.41) is 13.7. The van der Waals surface area contributed by atoms with Crippen LogP contribution in [0, 0.1) is 0 Å². The molecule has 0 radical (unpaired) electrons. The maximum Gasteiger partial charge on any atom is 0.136 e. The Morgan fingerprint density at radius 1 is 0.377 bits per heavy atom. The molecule has 0 amide bonds. The minimum Gasteiger partial charge on any atom is -0.456 e. The van der Waals surface area contributed by atoms with E-state index in [9.17, 15) is 0 Å². The molecule has 1 aliphatic heterocycles. The predicted octanol–water partition coefficient (Wildman–Crippen LogP) is 15.2. The highest BCUT2D eigenvalue weighted by Gasteiger charge is 2.22. The maximum atomic E-state index is 6.47. The van der Waals surface area contributed by atoms with E-state index in [1.165, 1.54) is 49.0 Å². The van der Waals surface area contributed by atoms with Gasteiger partial charge >= 0.3 is 0 Å². The van der Waals surface area contributed by atoms with Crippen molar-refractivity contribution in [1.82, 2.24) is 5.32 Å². The zero-order valence-corrected chi connectivity index (χ0v) is 33.2. The van der Waals surface area contributed by atoms with Gasteiger partial charge in [0, 0.05) is 21.9 Å². The lowest BCUT2D eigenvalue weighted by molar-refractivity contribution is 0.669. The molecule has 1 unspecified atom stereocenters. The fourth-order valence-electron chi connectivity index (χ4n) is 9.37. The van der Waals surface area contributed by atoms with Crippen LogP contribution in [0.4, 0.5) is 0 Å². The van der Waals surface area contributed by atoms with Gasteiger partial charge in [-0.25, -0.2) is 4.99 Å². The molecule has 286 valence electrons. The summed E-state index contributed by atoms with van der Waals surface area (Å²) in [4.78, 5) is 5.08. The summed E-state index contributed by atoms with van der Waals surface area (Å²) in [6.45, 7) is 0. The summed E-state index contributed by atoms with van der Waals surface area (Å²) in [6.07, 6.45) is 2.23. The van der Waals surface area contributed by atoms with Crippen molar-refractivity contribution in [2.24, 2.45) is 4.99 Å². The number of para-hydroxylation sites is 1. The summed E-state index contributed by atoms with van der Waals surface area (Å²) in [5.41, 5.74) is 13.0. The molecule has 1 N–H and O–H groups in total. The first-order chi connectivity index (χ1) is 30.2. The minimum absolute atomic E-state index is 0.0592. The standard InChI is InChI=1S/C58H38N2O/c1-3-13-39(14-4-1)52-36-53(60-58(59-52)42-15-5-2-6-16-42)40-27-25-38(26-28-40)44-33-34-55-57(50-21-11-12-22-54(50)61-55)56(44)41-29-23-37(24-30-41)43-31-32-49-47-19-8-7-17-45(47)46-18-9-10-20-48(46)51(49)35-43/h1-36,53H,(H,59,60). The molecule has 3 nitrogen and oxygen atoms in total. The fourth-order valence-corrected chi connectivity index (χ4v) is 9.37. The van der Waals surface area contributed by atoms with Crippen LogP contribution in [0.15, 0.2) is 228 Å². The number of amidine groups is 1. The molecule has 12 rings (SSSR count). The van der Waals surface area contributed by atoms with Gasteiger partial charge in [-0.3, -0.25) is 0 Å². The van der Waals surface area contributed by atoms with Crippen LogP contribution in [0.1, 0.15) is 22.7 Å². The number of rotatable bonds is 6. The van der Waals surface area contributed by atoms with Gasteiger partial charge in [-0.1, -0.05) is 194 Å². The van der Waals surface area contributed by atoms with Crippen LogP contribution in [0.3, 0.4) is 0 Å². The monoisotopic (exact) mass is 778 g/mol. The van der Waals surface area contributed by atoms with Gasteiger partial charge in [0.15, 0.2) is 0 Å². The predicted molar refractivity (Wildman–Crippen MR) is 256 cm³/mol. The molecular formula is C58H38N2O. The Labute approximate surface area is 353 Å². The Kier molecular flexibility index (Phi) is 8.24. The number of nitrogens with zero attached hydrogens (tertiary/aromatic N) is 1. The molecule has 0 aliphatic carbocycles. The van der Waals surface area contributed by atoms with Crippen molar-refractivity contribution in [1.29, 1.82) is 0 Å². The van der Waals surface area contributed by atoms with E-state index in [0.29, 0.717) is 0 Å².